The zero-order valence-corrected chi connectivity index (χ0v) is 17.8. The van der Waals surface area contributed by atoms with Gasteiger partial charge in [-0.25, -0.2) is 4.68 Å². The average Bonchev–Trinajstić information content (AvgIpc) is 3.05. The lowest BCUT2D eigenvalue weighted by Crippen LogP contribution is -2.35. The van der Waals surface area contributed by atoms with Crippen molar-refractivity contribution in [2.45, 2.75) is 47.7 Å². The molecule has 5 nitrogen and oxygen atoms in total. The van der Waals surface area contributed by atoms with Gasteiger partial charge in [0.2, 0.25) is 5.91 Å². The highest BCUT2D eigenvalue weighted by Gasteiger charge is 2.30. The largest absolute Gasteiger partial charge is 0.307 e. The van der Waals surface area contributed by atoms with Crippen LogP contribution in [0.4, 0.5) is 5.69 Å². The second kappa shape index (κ2) is 7.14. The lowest BCUT2D eigenvalue weighted by molar-refractivity contribution is -0.121. The molecule has 0 spiro atoms. The van der Waals surface area contributed by atoms with E-state index in [1.165, 1.54) is 0 Å². The molecule has 1 aliphatic rings. The van der Waals surface area contributed by atoms with Gasteiger partial charge in [0.25, 0.3) is 0 Å². The summed E-state index contributed by atoms with van der Waals surface area (Å²) in [5.74, 6) is 0.0253. The van der Waals surface area contributed by atoms with Crippen LogP contribution >= 0.6 is 0 Å². The molecule has 0 fully saturated rings. The molecule has 3 aromatic rings. The first-order chi connectivity index (χ1) is 13.8. The Morgan fingerprint density at radius 2 is 1.69 bits per heavy atom. The molecule has 0 radical (unpaired) electrons. The van der Waals surface area contributed by atoms with Gasteiger partial charge in [-0.15, -0.1) is 5.10 Å². The van der Waals surface area contributed by atoms with Crippen molar-refractivity contribution in [2.24, 2.45) is 11.3 Å². The van der Waals surface area contributed by atoms with Crippen LogP contribution in [0.25, 0.3) is 22.5 Å². The zero-order valence-electron chi connectivity index (χ0n) is 17.8. The Kier molecular flexibility index (Phi) is 4.77. The Bertz CT molecular complexity index is 1060. The Hall–Kier alpha value is -2.95. The number of fused-ring (bicyclic) bond motifs is 5. The number of para-hydroxylation sites is 1. The van der Waals surface area contributed by atoms with E-state index in [4.69, 9.17) is 0 Å². The molecule has 1 aromatic heterocycles. The van der Waals surface area contributed by atoms with Gasteiger partial charge in [0.05, 0.1) is 17.9 Å². The van der Waals surface area contributed by atoms with Crippen LogP contribution in [-0.2, 0) is 17.9 Å². The molecule has 5 heteroatoms. The topological polar surface area (TPSA) is 51.0 Å². The van der Waals surface area contributed by atoms with Crippen molar-refractivity contribution in [3.05, 3.63) is 54.1 Å². The third kappa shape index (κ3) is 3.57. The van der Waals surface area contributed by atoms with E-state index in [0.717, 1.165) is 40.3 Å². The lowest BCUT2D eigenvalue weighted by atomic mass is 9.93. The maximum absolute atomic E-state index is 13.2. The van der Waals surface area contributed by atoms with Crippen LogP contribution in [-0.4, -0.2) is 20.9 Å². The van der Waals surface area contributed by atoms with Crippen LogP contribution in [0.15, 0.2) is 48.5 Å². The number of hydrogen-bond donors (Lipinski definition) is 0. The minimum atomic E-state index is -0.0910. The van der Waals surface area contributed by atoms with E-state index in [1.54, 1.807) is 0 Å². The molecule has 4 rings (SSSR count). The summed E-state index contributed by atoms with van der Waals surface area (Å²) >= 11 is 0. The summed E-state index contributed by atoms with van der Waals surface area (Å²) in [5.41, 5.74) is 5.95. The maximum atomic E-state index is 13.2. The molecule has 150 valence electrons. The first-order valence-corrected chi connectivity index (χ1v) is 10.2. The Morgan fingerprint density at radius 3 is 2.38 bits per heavy atom. The fourth-order valence-corrected chi connectivity index (χ4v) is 3.88. The summed E-state index contributed by atoms with van der Waals surface area (Å²) in [5, 5.41) is 9.13. The standard InChI is InChI=1S/C24H28N4O/c1-16(2)23(29)27-14-17-10-6-7-11-18(17)21-22(19-12-8-9-13-20(19)27)28(26-25-21)15-24(3,4)5/h6-13,16H,14-15H2,1-5H3. The molecule has 1 amide bonds. The van der Waals surface area contributed by atoms with Crippen LogP contribution < -0.4 is 4.90 Å². The molecule has 0 unspecified atom stereocenters. The molecular formula is C24H28N4O. The summed E-state index contributed by atoms with van der Waals surface area (Å²) < 4.78 is 1.99. The van der Waals surface area contributed by atoms with E-state index in [1.807, 2.05) is 53.8 Å². The zero-order chi connectivity index (χ0) is 20.8. The number of anilines is 1. The molecule has 1 aliphatic heterocycles. The molecule has 29 heavy (non-hydrogen) atoms. The molecule has 2 aromatic carbocycles. The van der Waals surface area contributed by atoms with Crippen molar-refractivity contribution in [1.82, 2.24) is 15.0 Å². The van der Waals surface area contributed by atoms with Crippen LogP contribution in [0.3, 0.4) is 0 Å². The molecule has 2 heterocycles. The quantitative estimate of drug-likeness (QED) is 0.609. The Balaban J connectivity index is 2.03. The highest BCUT2D eigenvalue weighted by atomic mass is 16.2. The summed E-state index contributed by atoms with van der Waals surface area (Å²) in [6, 6.07) is 16.3. The van der Waals surface area contributed by atoms with Crippen molar-refractivity contribution < 1.29 is 4.79 Å². The number of nitrogens with zero attached hydrogens (tertiary/aromatic N) is 4. The van der Waals surface area contributed by atoms with E-state index in [9.17, 15) is 4.79 Å². The van der Waals surface area contributed by atoms with Crippen LogP contribution in [0.1, 0.15) is 40.2 Å². The molecule has 0 aliphatic carbocycles. The Morgan fingerprint density at radius 1 is 1.03 bits per heavy atom. The number of carbonyl (C=O) groups excluding carboxylic acids is 1. The summed E-state index contributed by atoms with van der Waals surface area (Å²) in [6.45, 7) is 11.7. The third-order valence-corrected chi connectivity index (χ3v) is 5.17. The van der Waals surface area contributed by atoms with Crippen molar-refractivity contribution in [3.63, 3.8) is 0 Å². The summed E-state index contributed by atoms with van der Waals surface area (Å²) in [6.07, 6.45) is 0. The van der Waals surface area contributed by atoms with Gasteiger partial charge in [-0.2, -0.15) is 0 Å². The molecule has 0 bridgehead atoms. The normalized spacial score (nSPS) is 13.4. The minimum absolute atomic E-state index is 0.0474. The van der Waals surface area contributed by atoms with Crippen molar-refractivity contribution in [1.29, 1.82) is 0 Å². The van der Waals surface area contributed by atoms with Crippen LogP contribution in [0.5, 0.6) is 0 Å². The van der Waals surface area contributed by atoms with Crippen molar-refractivity contribution in [2.75, 3.05) is 4.90 Å². The molecule has 0 N–H and O–H groups in total. The van der Waals surface area contributed by atoms with Crippen LogP contribution in [0, 0.1) is 11.3 Å². The van der Waals surface area contributed by atoms with E-state index < -0.39 is 0 Å². The van der Waals surface area contributed by atoms with Gasteiger partial charge in [-0.3, -0.25) is 4.79 Å². The fraction of sp³-hybridized carbons (Fsp3) is 0.375. The Labute approximate surface area is 172 Å². The van der Waals surface area contributed by atoms with E-state index in [-0.39, 0.29) is 17.2 Å². The number of hydrogen-bond acceptors (Lipinski definition) is 3. The van der Waals surface area contributed by atoms with Gasteiger partial charge >= 0.3 is 0 Å². The van der Waals surface area contributed by atoms with Crippen molar-refractivity contribution >= 4 is 11.6 Å². The van der Waals surface area contributed by atoms with E-state index in [2.05, 4.69) is 49.3 Å². The average molecular weight is 389 g/mol. The van der Waals surface area contributed by atoms with Gasteiger partial charge in [-0.05, 0) is 17.0 Å². The van der Waals surface area contributed by atoms with Crippen molar-refractivity contribution in [3.8, 4) is 22.5 Å². The number of benzene rings is 2. The summed E-state index contributed by atoms with van der Waals surface area (Å²) in [4.78, 5) is 15.1. The SMILES string of the molecule is CC(C)C(=O)N1Cc2ccccc2-c2nnn(CC(C)(C)C)c2-c2ccccc21. The maximum Gasteiger partial charge on any atom is 0.229 e. The number of aromatic nitrogens is 3. The number of rotatable bonds is 2. The smallest absolute Gasteiger partial charge is 0.229 e. The minimum Gasteiger partial charge on any atom is -0.307 e. The lowest BCUT2D eigenvalue weighted by Gasteiger charge is -2.30. The highest BCUT2D eigenvalue weighted by Crippen LogP contribution is 2.41. The van der Waals surface area contributed by atoms with Gasteiger partial charge in [0, 0.05) is 23.6 Å². The third-order valence-electron chi connectivity index (χ3n) is 5.17. The molecule has 0 saturated carbocycles. The molecule has 0 atom stereocenters. The second-order valence-corrected chi connectivity index (χ2v) is 9.26. The first kappa shape index (κ1) is 19.4. The predicted molar refractivity (Wildman–Crippen MR) is 116 cm³/mol. The highest BCUT2D eigenvalue weighted by molar-refractivity contribution is 6.00. The molecular weight excluding hydrogens is 360 g/mol. The summed E-state index contributed by atoms with van der Waals surface area (Å²) in [7, 11) is 0. The van der Waals surface area contributed by atoms with Gasteiger partial charge in [0.15, 0.2) is 0 Å². The predicted octanol–water partition coefficient (Wildman–Crippen LogP) is 5.16. The number of amides is 1. The van der Waals surface area contributed by atoms with E-state index in [0.29, 0.717) is 6.54 Å². The fourth-order valence-electron chi connectivity index (χ4n) is 3.88. The first-order valence-electron chi connectivity index (χ1n) is 10.2. The van der Waals surface area contributed by atoms with Gasteiger partial charge in [0.1, 0.15) is 5.69 Å². The second-order valence-electron chi connectivity index (χ2n) is 9.26. The monoisotopic (exact) mass is 388 g/mol. The number of carbonyl (C=O) groups is 1. The van der Waals surface area contributed by atoms with E-state index >= 15 is 0 Å². The van der Waals surface area contributed by atoms with Gasteiger partial charge in [-0.1, -0.05) is 82.3 Å². The molecule has 0 saturated heterocycles. The van der Waals surface area contributed by atoms with Gasteiger partial charge < -0.3 is 4.90 Å². The van der Waals surface area contributed by atoms with Crippen LogP contribution in [0.2, 0.25) is 0 Å².